The minimum absolute atomic E-state index is 0.00416. The van der Waals surface area contributed by atoms with Crippen molar-refractivity contribution in [2.45, 2.75) is 112 Å². The first kappa shape index (κ1) is 98.2. The summed E-state index contributed by atoms with van der Waals surface area (Å²) in [6.45, 7) is 7.54. The van der Waals surface area contributed by atoms with Gasteiger partial charge in [-0.15, -0.1) is 0 Å². The van der Waals surface area contributed by atoms with Crippen molar-refractivity contribution in [1.29, 1.82) is 5.26 Å². The van der Waals surface area contributed by atoms with Gasteiger partial charge in [0.05, 0.1) is 78.0 Å². The van der Waals surface area contributed by atoms with Crippen LogP contribution in [0, 0.1) is 23.2 Å². The quantitative estimate of drug-likeness (QED) is 0.0318. The van der Waals surface area contributed by atoms with Crippen LogP contribution in [0.5, 0.6) is 5.75 Å². The smallest absolute Gasteiger partial charge is 0.268 e. The molecule has 12 N–H and O–H groups in total. The van der Waals surface area contributed by atoms with Gasteiger partial charge in [0.1, 0.15) is 45.5 Å². The van der Waals surface area contributed by atoms with Crippen LogP contribution in [0.1, 0.15) is 169 Å². The molecule has 30 nitrogen and oxygen atoms in total. The number of likely N-dealkylation sites (tertiary alicyclic amines) is 1. The van der Waals surface area contributed by atoms with E-state index in [0.717, 1.165) is 182 Å². The van der Waals surface area contributed by atoms with Crippen LogP contribution in [-0.4, -0.2) is 164 Å². The zero-order chi connectivity index (χ0) is 101. The van der Waals surface area contributed by atoms with Crippen molar-refractivity contribution >= 4 is 165 Å². The molecule has 35 heteroatoms. The molecule has 9 aromatic carbocycles. The number of aromatic nitrogens is 12. The number of rotatable bonds is 21. The number of amides is 7. The maximum atomic E-state index is 12.9. The molecule has 4 aliphatic carbocycles. The number of nitrogens with zero attached hydrogens (tertiary/aromatic N) is 8. The van der Waals surface area contributed by atoms with E-state index in [1.165, 1.54) is 0 Å². The highest BCUT2D eigenvalue weighted by Gasteiger charge is 2.53. The van der Waals surface area contributed by atoms with E-state index in [-0.39, 0.29) is 69.5 Å². The summed E-state index contributed by atoms with van der Waals surface area (Å²) in [5.74, 6) is 1.04. The Balaban J connectivity index is 0.000000107. The molecule has 7 fully saturated rings. The molecule has 3 aliphatic heterocycles. The van der Waals surface area contributed by atoms with Gasteiger partial charge < -0.3 is 80.9 Å². The van der Waals surface area contributed by atoms with Crippen LogP contribution in [0.3, 0.4) is 0 Å². The molecule has 0 spiro atoms. The molecular weight excluding hydrogens is 1950 g/mol. The van der Waals surface area contributed by atoms with Crippen molar-refractivity contribution < 1.29 is 47.8 Å². The molecule has 25 rings (SSSR count). The number of carbonyl (C=O) groups is 7. The van der Waals surface area contributed by atoms with E-state index in [1.807, 2.05) is 236 Å². The Kier molecular flexibility index (Phi) is 27.7. The summed E-state index contributed by atoms with van der Waals surface area (Å²) in [5.41, 5.74) is 13.5. The van der Waals surface area contributed by atoms with Crippen molar-refractivity contribution in [3.8, 4) is 23.2 Å². The largest absolute Gasteiger partial charge is 0.497 e. The van der Waals surface area contributed by atoms with Crippen molar-refractivity contribution in [3.05, 3.63) is 355 Å². The third kappa shape index (κ3) is 21.8. The van der Waals surface area contributed by atoms with E-state index >= 15 is 0 Å². The number of nitriles is 1. The number of benzene rings is 9. The second-order valence-electron chi connectivity index (χ2n) is 38.4. The molecule has 7 amide bonds. The number of H-pyrrole nitrogens is 6. The number of hydrogen-bond acceptors (Lipinski definition) is 14. The summed E-state index contributed by atoms with van der Waals surface area (Å²) < 4.78 is 21.4. The van der Waals surface area contributed by atoms with Crippen LogP contribution in [0.25, 0.3) is 76.8 Å². The van der Waals surface area contributed by atoms with Crippen molar-refractivity contribution in [3.63, 3.8) is 0 Å². The molecule has 3 saturated heterocycles. The molecule has 12 heterocycles. The van der Waals surface area contributed by atoms with Gasteiger partial charge in [-0.3, -0.25) is 38.2 Å². The molecule has 4 saturated carbocycles. The Bertz CT molecular complexity index is 8010. The van der Waals surface area contributed by atoms with Crippen LogP contribution in [0.15, 0.2) is 268 Å². The van der Waals surface area contributed by atoms with Crippen LogP contribution in [-0.2, 0) is 43.5 Å². The minimum atomic E-state index is -0.451. The highest BCUT2D eigenvalue weighted by Crippen LogP contribution is 2.50. The maximum absolute atomic E-state index is 12.9. The van der Waals surface area contributed by atoms with E-state index in [2.05, 4.69) is 78.1 Å². The maximum Gasteiger partial charge on any atom is 0.268 e. The lowest BCUT2D eigenvalue weighted by molar-refractivity contribution is -0.135. The number of aryl methyl sites for hydroxylation is 1. The van der Waals surface area contributed by atoms with Crippen LogP contribution in [0.2, 0.25) is 25.1 Å². The number of nitrogens with one attached hydrogen (secondary N) is 12. The second-order valence-corrected chi connectivity index (χ2v) is 40.6. The number of carbonyl (C=O) groups excluding carboxylic acids is 7. The lowest BCUT2D eigenvalue weighted by atomic mass is 9.88. The average molecular weight is 2050 g/mol. The fourth-order valence-electron chi connectivity index (χ4n) is 19.0. The van der Waals surface area contributed by atoms with Gasteiger partial charge in [0.2, 0.25) is 5.91 Å². The fraction of sp³-hybridized carbons (Fsp3) is 0.252. The van der Waals surface area contributed by atoms with Crippen molar-refractivity contribution in [1.82, 2.24) is 96.0 Å². The predicted molar refractivity (Wildman–Crippen MR) is 564 cm³/mol. The molecule has 0 bridgehead atoms. The van der Waals surface area contributed by atoms with E-state index < -0.39 is 5.54 Å². The average Bonchev–Trinajstić information content (AvgIpc) is 1.60. The first-order valence-electron chi connectivity index (χ1n) is 48.2. The Morgan fingerprint density at radius 2 is 0.829 bits per heavy atom. The predicted octanol–water partition coefficient (Wildman–Crippen LogP) is 20.5. The summed E-state index contributed by atoms with van der Waals surface area (Å²) in [4.78, 5) is 108. The van der Waals surface area contributed by atoms with Gasteiger partial charge in [0.15, 0.2) is 0 Å². The van der Waals surface area contributed by atoms with E-state index in [0.29, 0.717) is 103 Å². The lowest BCUT2D eigenvalue weighted by Gasteiger charge is -2.42. The van der Waals surface area contributed by atoms with E-state index in [1.54, 1.807) is 78.3 Å². The van der Waals surface area contributed by atoms with Gasteiger partial charge >= 0.3 is 0 Å². The second kappa shape index (κ2) is 41.1. The van der Waals surface area contributed by atoms with E-state index in [4.69, 9.17) is 82.6 Å². The summed E-state index contributed by atoms with van der Waals surface area (Å²) in [7, 11) is 3.51. The zero-order valence-electron chi connectivity index (χ0n) is 80.0. The highest BCUT2D eigenvalue weighted by molar-refractivity contribution is 6.33. The molecule has 9 aromatic heterocycles. The molecule has 18 aromatic rings. The van der Waals surface area contributed by atoms with Crippen LogP contribution < -0.4 is 36.6 Å². The van der Waals surface area contributed by atoms with Gasteiger partial charge in [-0.1, -0.05) is 107 Å². The van der Waals surface area contributed by atoms with E-state index in [9.17, 15) is 33.6 Å². The number of ether oxygens (including phenoxy) is 3. The third-order valence-corrected chi connectivity index (χ3v) is 29.4. The first-order valence-corrected chi connectivity index (χ1v) is 50.1. The van der Waals surface area contributed by atoms with Crippen molar-refractivity contribution in [2.24, 2.45) is 18.9 Å². The molecular formula is C111H103Cl5N20O10. The van der Waals surface area contributed by atoms with Gasteiger partial charge in [-0.25, -0.2) is 9.36 Å². The lowest BCUT2D eigenvalue weighted by Crippen LogP contribution is -2.59. The standard InChI is InChI=1S/C22H19ClN4O2.C21H17ClN4O.C18H15ClN2O2.C17H19ClN2O2.C17H15N5O.C16H18ClN3O2/c1-29-18-5-3-17(4-6-18)27-13-15(12-24-27)22(8-9-22)26-21(28)20-11-14-10-16(23)2-7-19(14)25-20;22-15-6-7-17-14(12-15)13-18(23-17)20(27)24-21(9-10-21)19-8-11-26(25-19)16-4-2-1-3-5-16;19-14-6-7-15-12(8-14)9-16(20-15)17(22)21-18(10-23-11-18)13-4-2-1-3-5-13;18-13-1-2-14-11(9-13)10-15(19-14)16(21)20-17(5-6-17)12-3-7-22-8-4-12;1-22-10-13(9-19-22)17(4-5-17)21-16(23)15-7-12-6-11(8-18)2-3-14(12)20-15;1-9(12-7-20(8-12)10(2)21)18-16(22)15-6-11-5-13(17)3-4-14(11)19-15/h2-7,10-13,25H,8-9H2,1H3,(H,26,28);1-8,11-13,23H,9-10H2,(H,24,27);1-9,20H,10-11H2,(H,21,22);1-2,9-10,12,19H,3-8H2,(H,20,21);2-3,6-7,9-10,20H,4-5H2,1H3,(H,21,23);3-6,9,12,19H,7-8H2,1-2H3,(H,18,22). The minimum Gasteiger partial charge on any atom is -0.497 e. The number of para-hydroxylation sites is 1. The Morgan fingerprint density at radius 1 is 0.432 bits per heavy atom. The van der Waals surface area contributed by atoms with Crippen LogP contribution in [0.4, 0.5) is 0 Å². The first-order chi connectivity index (χ1) is 70.5. The molecule has 742 valence electrons. The van der Waals surface area contributed by atoms with Crippen molar-refractivity contribution in [2.75, 3.05) is 46.6 Å². The van der Waals surface area contributed by atoms with Gasteiger partial charge in [-0.05, 0) is 271 Å². The molecule has 1 atom stereocenters. The summed E-state index contributed by atoms with van der Waals surface area (Å²) in [5, 5.41) is 49.9. The Morgan fingerprint density at radius 3 is 1.23 bits per heavy atom. The molecule has 146 heavy (non-hydrogen) atoms. The fourth-order valence-corrected chi connectivity index (χ4v) is 19.9. The van der Waals surface area contributed by atoms with Gasteiger partial charge in [0.25, 0.3) is 35.4 Å². The Hall–Kier alpha value is -15.2. The van der Waals surface area contributed by atoms with Crippen LogP contribution >= 0.6 is 58.0 Å². The van der Waals surface area contributed by atoms with Gasteiger partial charge in [-0.2, -0.15) is 20.6 Å². The zero-order valence-corrected chi connectivity index (χ0v) is 83.8. The summed E-state index contributed by atoms with van der Waals surface area (Å²) in [6, 6.07) is 75.5. The third-order valence-electron chi connectivity index (χ3n) is 28.2. The topological polar surface area (TPSA) is 395 Å². The number of halogens is 5. The molecule has 1 unspecified atom stereocenters. The number of methoxy groups -OCH3 is 1. The Labute approximate surface area is 863 Å². The number of fused-ring (bicyclic) bond motifs is 6. The number of aromatic amines is 6. The molecule has 0 radical (unpaired) electrons. The molecule has 7 aliphatic rings. The summed E-state index contributed by atoms with van der Waals surface area (Å²) >= 11 is 30.0. The SMILES string of the molecule is CC(=O)N1CC(C(C)NC(=O)c2cc3cc(Cl)ccc3[nH]2)C1.COc1ccc(-n2cc(C3(NC(=O)c4cc5cc(Cl)ccc5[nH]4)CC3)cn2)cc1.Cn1cc(C2(NC(=O)c3cc4cc(C#N)ccc4[nH]3)CC2)cn1.O=C(NC1(C2CCOCC2)CC1)c1cc2cc(Cl)ccc2[nH]1.O=C(NC1(c2ccccc2)COC1)c1cc2cc(Cl)ccc2[nH]1.O=C(NC1(c2ccn(-c3ccccc3)n2)CC1)c1cc2cc(Cl)ccc2[nH]1. The normalized spacial score (nSPS) is 16.3. The highest BCUT2D eigenvalue weighted by atomic mass is 35.5. The number of hydrogen-bond donors (Lipinski definition) is 12. The van der Waals surface area contributed by atoms with Gasteiger partial charge in [0, 0.05) is 178 Å². The monoisotopic (exact) mass is 2050 g/mol. The summed E-state index contributed by atoms with van der Waals surface area (Å²) in [6.07, 6.45) is 19.1.